The molecule has 4 rings (SSSR count). The monoisotopic (exact) mass is 338 g/mol. The lowest BCUT2D eigenvalue weighted by molar-refractivity contribution is -0.0147. The third kappa shape index (κ3) is 3.99. The molecule has 0 spiro atoms. The number of hydrogen-bond acceptors (Lipinski definition) is 5. The first-order chi connectivity index (χ1) is 12.4. The zero-order chi connectivity index (χ0) is 16.9. The molecule has 2 atom stereocenters. The molecule has 0 saturated carbocycles. The van der Waals surface area contributed by atoms with Gasteiger partial charge in [0, 0.05) is 50.4 Å². The SMILES string of the molecule is c1ccc(N2CCC(N[C@H]3CCCO[C@@H]3c3ccncc3)CC2)nc1. The second-order valence-corrected chi connectivity index (χ2v) is 6.94. The summed E-state index contributed by atoms with van der Waals surface area (Å²) in [5.74, 6) is 1.09. The minimum Gasteiger partial charge on any atom is -0.372 e. The summed E-state index contributed by atoms with van der Waals surface area (Å²) in [6, 6.07) is 11.2. The van der Waals surface area contributed by atoms with Crippen molar-refractivity contribution in [1.29, 1.82) is 0 Å². The van der Waals surface area contributed by atoms with Crippen molar-refractivity contribution in [3.05, 3.63) is 54.5 Å². The molecule has 2 aliphatic rings. The third-order valence-corrected chi connectivity index (χ3v) is 5.27. The number of aromatic nitrogens is 2. The van der Waals surface area contributed by atoms with E-state index >= 15 is 0 Å². The van der Waals surface area contributed by atoms with Crippen LogP contribution in [0.25, 0.3) is 0 Å². The fraction of sp³-hybridized carbons (Fsp3) is 0.500. The summed E-state index contributed by atoms with van der Waals surface area (Å²) in [6.45, 7) is 2.97. The number of nitrogens with one attached hydrogen (secondary N) is 1. The molecular weight excluding hydrogens is 312 g/mol. The molecule has 1 N–H and O–H groups in total. The molecule has 4 heterocycles. The van der Waals surface area contributed by atoms with E-state index in [2.05, 4.69) is 44.5 Å². The van der Waals surface area contributed by atoms with Crippen LogP contribution in [0.4, 0.5) is 5.82 Å². The van der Waals surface area contributed by atoms with E-state index in [0.717, 1.165) is 44.8 Å². The van der Waals surface area contributed by atoms with Gasteiger partial charge in [0.2, 0.25) is 0 Å². The lowest BCUT2D eigenvalue weighted by atomic mass is 9.94. The quantitative estimate of drug-likeness (QED) is 0.929. The molecule has 2 fully saturated rings. The van der Waals surface area contributed by atoms with E-state index in [1.165, 1.54) is 12.0 Å². The van der Waals surface area contributed by atoms with Gasteiger partial charge in [-0.1, -0.05) is 6.07 Å². The van der Waals surface area contributed by atoms with Gasteiger partial charge in [0.05, 0.1) is 6.10 Å². The van der Waals surface area contributed by atoms with Gasteiger partial charge in [-0.05, 0) is 55.5 Å². The Bertz CT molecular complexity index is 643. The van der Waals surface area contributed by atoms with E-state index in [-0.39, 0.29) is 6.10 Å². The fourth-order valence-electron chi connectivity index (χ4n) is 3.95. The molecule has 5 nitrogen and oxygen atoms in total. The van der Waals surface area contributed by atoms with Crippen LogP contribution in [0, 0.1) is 0 Å². The van der Waals surface area contributed by atoms with Crippen LogP contribution in [-0.4, -0.2) is 41.7 Å². The van der Waals surface area contributed by atoms with Gasteiger partial charge in [-0.3, -0.25) is 4.98 Å². The van der Waals surface area contributed by atoms with Crippen molar-refractivity contribution in [3.8, 4) is 0 Å². The van der Waals surface area contributed by atoms with E-state index in [9.17, 15) is 0 Å². The number of piperidine rings is 1. The predicted octanol–water partition coefficient (Wildman–Crippen LogP) is 2.96. The van der Waals surface area contributed by atoms with E-state index < -0.39 is 0 Å². The second kappa shape index (κ2) is 7.93. The maximum absolute atomic E-state index is 6.10. The normalized spacial score (nSPS) is 25.0. The van der Waals surface area contributed by atoms with Crippen LogP contribution in [0.2, 0.25) is 0 Å². The van der Waals surface area contributed by atoms with Gasteiger partial charge >= 0.3 is 0 Å². The summed E-state index contributed by atoms with van der Waals surface area (Å²) in [6.07, 6.45) is 10.3. The first-order valence-corrected chi connectivity index (χ1v) is 9.34. The Labute approximate surface area is 149 Å². The van der Waals surface area contributed by atoms with Gasteiger partial charge in [-0.15, -0.1) is 0 Å². The van der Waals surface area contributed by atoms with Crippen LogP contribution < -0.4 is 10.2 Å². The first-order valence-electron chi connectivity index (χ1n) is 9.34. The van der Waals surface area contributed by atoms with Crippen LogP contribution in [0.5, 0.6) is 0 Å². The summed E-state index contributed by atoms with van der Waals surface area (Å²) in [4.78, 5) is 11.0. The molecule has 0 aromatic carbocycles. The van der Waals surface area contributed by atoms with E-state index in [1.807, 2.05) is 24.7 Å². The van der Waals surface area contributed by atoms with Gasteiger partial charge in [0.15, 0.2) is 0 Å². The fourth-order valence-corrected chi connectivity index (χ4v) is 3.95. The van der Waals surface area contributed by atoms with Gasteiger partial charge in [-0.2, -0.15) is 0 Å². The molecule has 0 bridgehead atoms. The van der Waals surface area contributed by atoms with Crippen molar-refractivity contribution in [2.24, 2.45) is 0 Å². The van der Waals surface area contributed by atoms with Crippen molar-refractivity contribution in [2.75, 3.05) is 24.6 Å². The van der Waals surface area contributed by atoms with Crippen molar-refractivity contribution >= 4 is 5.82 Å². The maximum atomic E-state index is 6.10. The lowest BCUT2D eigenvalue weighted by Gasteiger charge is -2.39. The number of pyridine rings is 2. The minimum absolute atomic E-state index is 0.144. The summed E-state index contributed by atoms with van der Waals surface area (Å²) in [7, 11) is 0. The zero-order valence-corrected chi connectivity index (χ0v) is 14.6. The Kier molecular flexibility index (Phi) is 5.23. The number of anilines is 1. The van der Waals surface area contributed by atoms with Gasteiger partial charge < -0.3 is 15.0 Å². The van der Waals surface area contributed by atoms with Gasteiger partial charge in [0.1, 0.15) is 5.82 Å². The Morgan fingerprint density at radius 1 is 1.00 bits per heavy atom. The lowest BCUT2D eigenvalue weighted by Crippen LogP contribution is -2.49. The Morgan fingerprint density at radius 2 is 1.84 bits per heavy atom. The summed E-state index contributed by atoms with van der Waals surface area (Å²) in [5.41, 5.74) is 1.23. The molecule has 0 amide bonds. The van der Waals surface area contributed by atoms with Crippen molar-refractivity contribution < 1.29 is 4.74 Å². The maximum Gasteiger partial charge on any atom is 0.128 e. The van der Waals surface area contributed by atoms with Crippen LogP contribution in [0.3, 0.4) is 0 Å². The van der Waals surface area contributed by atoms with Crippen LogP contribution in [-0.2, 0) is 4.74 Å². The number of ether oxygens (including phenoxy) is 1. The zero-order valence-electron chi connectivity index (χ0n) is 14.6. The molecule has 2 aromatic rings. The highest BCUT2D eigenvalue weighted by molar-refractivity contribution is 5.38. The molecule has 2 aliphatic heterocycles. The van der Waals surface area contributed by atoms with Gasteiger partial charge in [-0.25, -0.2) is 4.98 Å². The number of hydrogen-bond donors (Lipinski definition) is 1. The number of rotatable bonds is 4. The highest BCUT2D eigenvalue weighted by atomic mass is 16.5. The molecule has 132 valence electrons. The molecule has 0 unspecified atom stereocenters. The minimum atomic E-state index is 0.144. The van der Waals surface area contributed by atoms with Crippen LogP contribution in [0.15, 0.2) is 48.9 Å². The Morgan fingerprint density at radius 3 is 2.60 bits per heavy atom. The summed E-state index contributed by atoms with van der Waals surface area (Å²) < 4.78 is 6.10. The predicted molar refractivity (Wildman–Crippen MR) is 98.6 cm³/mol. The Balaban J connectivity index is 1.35. The molecule has 0 radical (unpaired) electrons. The topological polar surface area (TPSA) is 50.3 Å². The van der Waals surface area contributed by atoms with Crippen LogP contribution >= 0.6 is 0 Å². The standard InChI is InChI=1S/C20H26N4O/c1-2-10-22-19(5-1)24-13-8-17(9-14-24)23-18-4-3-15-25-20(18)16-6-11-21-12-7-16/h1-2,5-7,10-12,17-18,20,23H,3-4,8-9,13-15H2/t18-,20+/m0/s1. The molecule has 5 heteroatoms. The summed E-state index contributed by atoms with van der Waals surface area (Å²) >= 11 is 0. The highest BCUT2D eigenvalue weighted by Gasteiger charge is 2.30. The number of nitrogens with zero attached hydrogens (tertiary/aromatic N) is 3. The van der Waals surface area contributed by atoms with Crippen molar-refractivity contribution in [2.45, 2.75) is 43.9 Å². The highest BCUT2D eigenvalue weighted by Crippen LogP contribution is 2.29. The molecule has 0 aliphatic carbocycles. The molecule has 25 heavy (non-hydrogen) atoms. The molecular formula is C20H26N4O. The summed E-state index contributed by atoms with van der Waals surface area (Å²) in [5, 5.41) is 3.89. The molecule has 2 aromatic heterocycles. The molecule has 2 saturated heterocycles. The van der Waals surface area contributed by atoms with Crippen LogP contribution in [0.1, 0.15) is 37.4 Å². The van der Waals surface area contributed by atoms with Crippen molar-refractivity contribution in [1.82, 2.24) is 15.3 Å². The van der Waals surface area contributed by atoms with E-state index in [4.69, 9.17) is 4.74 Å². The van der Waals surface area contributed by atoms with Crippen molar-refractivity contribution in [3.63, 3.8) is 0 Å². The third-order valence-electron chi connectivity index (χ3n) is 5.27. The first kappa shape index (κ1) is 16.5. The van der Waals surface area contributed by atoms with Gasteiger partial charge in [0.25, 0.3) is 0 Å². The largest absolute Gasteiger partial charge is 0.372 e. The average Bonchev–Trinajstić information content (AvgIpc) is 2.70. The Hall–Kier alpha value is -1.98. The average molecular weight is 338 g/mol. The smallest absolute Gasteiger partial charge is 0.128 e. The van der Waals surface area contributed by atoms with E-state index in [0.29, 0.717) is 12.1 Å². The second-order valence-electron chi connectivity index (χ2n) is 6.94. The van der Waals surface area contributed by atoms with E-state index in [1.54, 1.807) is 0 Å².